The fourth-order valence-corrected chi connectivity index (χ4v) is 3.33. The summed E-state index contributed by atoms with van der Waals surface area (Å²) >= 11 is 1.91. The van der Waals surface area contributed by atoms with Crippen molar-refractivity contribution in [3.05, 3.63) is 29.8 Å². The fourth-order valence-electron chi connectivity index (χ4n) is 2.83. The number of guanidine groups is 1. The van der Waals surface area contributed by atoms with Crippen molar-refractivity contribution in [2.75, 3.05) is 43.6 Å². The van der Waals surface area contributed by atoms with Gasteiger partial charge >= 0.3 is 0 Å². The van der Waals surface area contributed by atoms with Crippen molar-refractivity contribution >= 4 is 47.4 Å². The van der Waals surface area contributed by atoms with Crippen molar-refractivity contribution in [1.29, 1.82) is 0 Å². The minimum Gasteiger partial charge on any atom is -0.369 e. The second-order valence-corrected chi connectivity index (χ2v) is 7.10. The number of nitrogens with one attached hydrogen (secondary N) is 2. The van der Waals surface area contributed by atoms with E-state index in [-0.39, 0.29) is 24.0 Å². The standard InChI is InChI=1S/C18H30N4S.HI/c1-15-6-8-17(9-7-15)22-12-10-16(14-22)21-18(19-2)20-11-4-5-13-23-3;/h6-9,16H,4-5,10-14H2,1-3H3,(H2,19,20,21);1H. The van der Waals surface area contributed by atoms with Crippen LogP contribution in [0, 0.1) is 6.92 Å². The highest BCUT2D eigenvalue weighted by molar-refractivity contribution is 14.0. The molecule has 0 aliphatic carbocycles. The number of anilines is 1. The number of thioether (sulfide) groups is 1. The largest absolute Gasteiger partial charge is 0.369 e. The summed E-state index contributed by atoms with van der Waals surface area (Å²) in [6, 6.07) is 9.28. The van der Waals surface area contributed by atoms with Crippen LogP contribution in [-0.2, 0) is 0 Å². The Hall–Kier alpha value is -0.630. The average molecular weight is 462 g/mol. The maximum absolute atomic E-state index is 4.35. The van der Waals surface area contributed by atoms with Crippen molar-refractivity contribution < 1.29 is 0 Å². The molecule has 1 fully saturated rings. The van der Waals surface area contributed by atoms with Crippen LogP contribution in [0.15, 0.2) is 29.3 Å². The van der Waals surface area contributed by atoms with Gasteiger partial charge in [0.1, 0.15) is 0 Å². The van der Waals surface area contributed by atoms with Crippen LogP contribution in [-0.4, -0.2) is 50.7 Å². The van der Waals surface area contributed by atoms with Gasteiger partial charge in [0.2, 0.25) is 0 Å². The molecule has 2 rings (SSSR count). The summed E-state index contributed by atoms with van der Waals surface area (Å²) in [7, 11) is 1.85. The lowest BCUT2D eigenvalue weighted by Gasteiger charge is -2.20. The first-order valence-electron chi connectivity index (χ1n) is 8.50. The van der Waals surface area contributed by atoms with Gasteiger partial charge in [0, 0.05) is 38.4 Å². The third-order valence-corrected chi connectivity index (χ3v) is 4.92. The Morgan fingerprint density at radius 1 is 1.29 bits per heavy atom. The zero-order valence-electron chi connectivity index (χ0n) is 15.0. The summed E-state index contributed by atoms with van der Waals surface area (Å²) in [5.74, 6) is 2.17. The zero-order valence-corrected chi connectivity index (χ0v) is 18.2. The van der Waals surface area contributed by atoms with E-state index in [9.17, 15) is 0 Å². The van der Waals surface area contributed by atoms with Crippen LogP contribution in [0.5, 0.6) is 0 Å². The first kappa shape index (κ1) is 21.4. The van der Waals surface area contributed by atoms with Crippen LogP contribution in [0.25, 0.3) is 0 Å². The van der Waals surface area contributed by atoms with Crippen LogP contribution in [0.1, 0.15) is 24.8 Å². The van der Waals surface area contributed by atoms with Gasteiger partial charge in [0.15, 0.2) is 5.96 Å². The molecule has 0 bridgehead atoms. The molecule has 1 saturated heterocycles. The van der Waals surface area contributed by atoms with E-state index in [4.69, 9.17) is 0 Å². The van der Waals surface area contributed by atoms with E-state index in [0.717, 1.165) is 32.0 Å². The second kappa shape index (κ2) is 11.8. The molecule has 1 aliphatic heterocycles. The molecule has 1 aromatic carbocycles. The van der Waals surface area contributed by atoms with Crippen molar-refractivity contribution in [3.8, 4) is 0 Å². The van der Waals surface area contributed by atoms with E-state index < -0.39 is 0 Å². The summed E-state index contributed by atoms with van der Waals surface area (Å²) < 4.78 is 0. The summed E-state index contributed by atoms with van der Waals surface area (Å²) in [4.78, 5) is 6.80. The molecule has 6 heteroatoms. The lowest BCUT2D eigenvalue weighted by Crippen LogP contribution is -2.44. The maximum atomic E-state index is 4.35. The highest BCUT2D eigenvalue weighted by Crippen LogP contribution is 2.20. The molecule has 1 aromatic rings. The highest BCUT2D eigenvalue weighted by atomic mass is 127. The van der Waals surface area contributed by atoms with Crippen molar-refractivity contribution in [2.45, 2.75) is 32.2 Å². The number of aliphatic imine (C=N–C) groups is 1. The number of hydrogen-bond acceptors (Lipinski definition) is 3. The van der Waals surface area contributed by atoms with Crippen LogP contribution in [0.4, 0.5) is 5.69 Å². The summed E-state index contributed by atoms with van der Waals surface area (Å²) in [6.07, 6.45) is 5.77. The smallest absolute Gasteiger partial charge is 0.191 e. The van der Waals surface area contributed by atoms with E-state index in [2.05, 4.69) is 58.0 Å². The van der Waals surface area contributed by atoms with Gasteiger partial charge in [0.25, 0.3) is 0 Å². The van der Waals surface area contributed by atoms with E-state index >= 15 is 0 Å². The third-order valence-electron chi connectivity index (χ3n) is 4.22. The minimum absolute atomic E-state index is 0. The van der Waals surface area contributed by atoms with E-state index in [1.54, 1.807) is 0 Å². The minimum atomic E-state index is 0. The molecule has 1 atom stereocenters. The molecule has 0 radical (unpaired) electrons. The summed E-state index contributed by atoms with van der Waals surface area (Å²) in [6.45, 7) is 5.27. The van der Waals surface area contributed by atoms with E-state index in [1.165, 1.54) is 29.8 Å². The Morgan fingerprint density at radius 3 is 2.71 bits per heavy atom. The molecule has 0 saturated carbocycles. The SMILES string of the molecule is CN=C(NCCCCSC)NC1CCN(c2ccc(C)cc2)C1.I. The number of rotatable bonds is 7. The maximum Gasteiger partial charge on any atom is 0.191 e. The molecule has 1 unspecified atom stereocenters. The molecule has 0 amide bonds. The highest BCUT2D eigenvalue weighted by Gasteiger charge is 2.23. The number of hydrogen-bond donors (Lipinski definition) is 2. The predicted octanol–water partition coefficient (Wildman–Crippen LogP) is 3.50. The Morgan fingerprint density at radius 2 is 2.04 bits per heavy atom. The first-order valence-corrected chi connectivity index (χ1v) is 9.90. The molecule has 136 valence electrons. The van der Waals surface area contributed by atoms with Gasteiger partial charge in [-0.05, 0) is 50.3 Å². The zero-order chi connectivity index (χ0) is 16.5. The molecular formula is C18H31IN4S. The Balaban J connectivity index is 0.00000288. The van der Waals surface area contributed by atoms with Crippen LogP contribution in [0.3, 0.4) is 0 Å². The molecule has 2 N–H and O–H groups in total. The first-order chi connectivity index (χ1) is 11.2. The average Bonchev–Trinajstić information content (AvgIpc) is 3.02. The Bertz CT molecular complexity index is 492. The lowest BCUT2D eigenvalue weighted by atomic mass is 10.2. The Kier molecular flexibility index (Phi) is 10.6. The van der Waals surface area contributed by atoms with Crippen LogP contribution >= 0.6 is 35.7 Å². The van der Waals surface area contributed by atoms with Gasteiger partial charge in [-0.3, -0.25) is 4.99 Å². The van der Waals surface area contributed by atoms with Crippen LogP contribution < -0.4 is 15.5 Å². The molecule has 1 heterocycles. The van der Waals surface area contributed by atoms with Gasteiger partial charge in [0.05, 0.1) is 0 Å². The van der Waals surface area contributed by atoms with Crippen molar-refractivity contribution in [1.82, 2.24) is 10.6 Å². The van der Waals surface area contributed by atoms with Gasteiger partial charge in [-0.15, -0.1) is 24.0 Å². The molecule has 0 spiro atoms. The number of halogens is 1. The fraction of sp³-hybridized carbons (Fsp3) is 0.611. The molecule has 24 heavy (non-hydrogen) atoms. The number of nitrogens with zero attached hydrogens (tertiary/aromatic N) is 2. The summed E-state index contributed by atoms with van der Waals surface area (Å²) in [5, 5.41) is 6.99. The lowest BCUT2D eigenvalue weighted by molar-refractivity contribution is 0.642. The Labute approximate surface area is 168 Å². The molecular weight excluding hydrogens is 431 g/mol. The molecule has 1 aliphatic rings. The molecule has 4 nitrogen and oxygen atoms in total. The third kappa shape index (κ3) is 7.09. The second-order valence-electron chi connectivity index (χ2n) is 6.11. The number of aryl methyl sites for hydroxylation is 1. The van der Waals surface area contributed by atoms with Gasteiger partial charge in [-0.25, -0.2) is 0 Å². The normalized spacial score (nSPS) is 17.5. The van der Waals surface area contributed by atoms with Crippen molar-refractivity contribution in [3.63, 3.8) is 0 Å². The predicted molar refractivity (Wildman–Crippen MR) is 119 cm³/mol. The molecule has 0 aromatic heterocycles. The monoisotopic (exact) mass is 462 g/mol. The van der Waals surface area contributed by atoms with Crippen molar-refractivity contribution in [2.24, 2.45) is 4.99 Å². The number of unbranched alkanes of at least 4 members (excludes halogenated alkanes) is 1. The van der Waals surface area contributed by atoms with Gasteiger partial charge < -0.3 is 15.5 Å². The van der Waals surface area contributed by atoms with Gasteiger partial charge in [-0.1, -0.05) is 17.7 Å². The van der Waals surface area contributed by atoms with Gasteiger partial charge in [-0.2, -0.15) is 11.8 Å². The quantitative estimate of drug-likeness (QED) is 0.282. The van der Waals surface area contributed by atoms with E-state index in [0.29, 0.717) is 6.04 Å². The van der Waals surface area contributed by atoms with Crippen LogP contribution in [0.2, 0.25) is 0 Å². The number of benzene rings is 1. The summed E-state index contributed by atoms with van der Waals surface area (Å²) in [5.41, 5.74) is 2.63. The van der Waals surface area contributed by atoms with E-state index in [1.807, 2.05) is 18.8 Å². The topological polar surface area (TPSA) is 39.7 Å².